The Morgan fingerprint density at radius 2 is 2.60 bits per heavy atom. The molecule has 1 aliphatic carbocycles. The molecule has 0 bridgehead atoms. The molecule has 1 atom stereocenters. The minimum atomic E-state index is 0.671. The summed E-state index contributed by atoms with van der Waals surface area (Å²) < 4.78 is 0. The van der Waals surface area contributed by atoms with Crippen molar-refractivity contribution < 1.29 is 0 Å². The molecule has 1 N–H and O–H groups in total. The van der Waals surface area contributed by atoms with Crippen molar-refractivity contribution in [1.82, 2.24) is 10.2 Å². The average Bonchev–Trinajstić information content (AvgIpc) is 2.33. The fraction of sp³-hybridized carbons (Fsp3) is 0.375. The van der Waals surface area contributed by atoms with Crippen LogP contribution in [0.1, 0.15) is 13.3 Å². The van der Waals surface area contributed by atoms with E-state index in [0.717, 1.165) is 6.42 Å². The van der Waals surface area contributed by atoms with Crippen LogP contribution in [-0.2, 0) is 0 Å². The molecule has 1 aromatic heterocycles. The molecule has 2 nitrogen and oxygen atoms in total. The van der Waals surface area contributed by atoms with Gasteiger partial charge in [-0.05, 0) is 12.3 Å². The van der Waals surface area contributed by atoms with Crippen LogP contribution in [-0.4, -0.2) is 10.2 Å². The highest BCUT2D eigenvalue weighted by Gasteiger charge is 2.00. The second-order valence-corrected chi connectivity index (χ2v) is 2.82. The molecule has 2 rings (SSSR count). The van der Waals surface area contributed by atoms with Crippen molar-refractivity contribution in [2.45, 2.75) is 13.3 Å². The molecule has 52 valence electrons. The van der Waals surface area contributed by atoms with Gasteiger partial charge >= 0.3 is 0 Å². The summed E-state index contributed by atoms with van der Waals surface area (Å²) in [6.07, 6.45) is 7.46. The predicted octanol–water partition coefficient (Wildman–Crippen LogP) is 0.0105. The highest BCUT2D eigenvalue weighted by Crippen LogP contribution is 2.04. The van der Waals surface area contributed by atoms with Crippen LogP contribution in [0.4, 0.5) is 0 Å². The zero-order valence-electron chi connectivity index (χ0n) is 5.96. The third-order valence-electron chi connectivity index (χ3n) is 1.86. The molecule has 1 aromatic rings. The summed E-state index contributed by atoms with van der Waals surface area (Å²) in [5.74, 6) is 0.671. The smallest absolute Gasteiger partial charge is 0.0607 e. The van der Waals surface area contributed by atoms with Gasteiger partial charge in [0, 0.05) is 5.22 Å². The van der Waals surface area contributed by atoms with Gasteiger partial charge in [-0.3, -0.25) is 5.10 Å². The normalized spacial score (nSPS) is 22.7. The van der Waals surface area contributed by atoms with E-state index in [4.69, 9.17) is 0 Å². The highest BCUT2D eigenvalue weighted by molar-refractivity contribution is 5.36. The van der Waals surface area contributed by atoms with Gasteiger partial charge in [-0.2, -0.15) is 5.10 Å². The minimum absolute atomic E-state index is 0.671. The standard InChI is InChI=1S/C8H10N2/c1-6-2-3-8-7(4-6)5-9-10-8/h3-6,10H,2H2,1H3. The molecule has 0 radical (unpaired) electrons. The van der Waals surface area contributed by atoms with Gasteiger partial charge in [0.15, 0.2) is 0 Å². The molecular weight excluding hydrogens is 124 g/mol. The van der Waals surface area contributed by atoms with Crippen molar-refractivity contribution in [2.24, 2.45) is 5.92 Å². The van der Waals surface area contributed by atoms with E-state index in [9.17, 15) is 0 Å². The van der Waals surface area contributed by atoms with E-state index in [0.29, 0.717) is 5.92 Å². The first-order chi connectivity index (χ1) is 4.86. The monoisotopic (exact) mass is 134 g/mol. The number of hydrogen-bond acceptors (Lipinski definition) is 1. The molecule has 1 unspecified atom stereocenters. The Bertz CT molecular complexity index is 334. The van der Waals surface area contributed by atoms with E-state index in [2.05, 4.69) is 29.3 Å². The Kier molecular flexibility index (Phi) is 1.13. The summed E-state index contributed by atoms with van der Waals surface area (Å²) in [5.41, 5.74) is 0. The molecule has 0 saturated carbocycles. The fourth-order valence-electron chi connectivity index (χ4n) is 1.28. The van der Waals surface area contributed by atoms with Gasteiger partial charge in [0.25, 0.3) is 0 Å². The lowest BCUT2D eigenvalue weighted by Crippen LogP contribution is -2.26. The number of nitrogens with zero attached hydrogens (tertiary/aromatic N) is 1. The quantitative estimate of drug-likeness (QED) is 0.532. The van der Waals surface area contributed by atoms with Crippen molar-refractivity contribution in [3.05, 3.63) is 16.8 Å². The van der Waals surface area contributed by atoms with Gasteiger partial charge in [0.05, 0.1) is 11.5 Å². The molecule has 0 amide bonds. The highest BCUT2D eigenvalue weighted by atomic mass is 15.1. The summed E-state index contributed by atoms with van der Waals surface area (Å²) in [6, 6.07) is 0. The van der Waals surface area contributed by atoms with Gasteiger partial charge in [-0.1, -0.05) is 19.1 Å². The number of fused-ring (bicyclic) bond motifs is 1. The van der Waals surface area contributed by atoms with Gasteiger partial charge in [-0.15, -0.1) is 0 Å². The molecule has 0 saturated heterocycles. The first-order valence-electron chi connectivity index (χ1n) is 3.58. The van der Waals surface area contributed by atoms with E-state index < -0.39 is 0 Å². The molecule has 0 fully saturated rings. The zero-order chi connectivity index (χ0) is 6.97. The second kappa shape index (κ2) is 1.97. The third-order valence-corrected chi connectivity index (χ3v) is 1.86. The average molecular weight is 134 g/mol. The van der Waals surface area contributed by atoms with Gasteiger partial charge < -0.3 is 0 Å². The van der Waals surface area contributed by atoms with E-state index in [1.54, 1.807) is 0 Å². The molecule has 0 aliphatic heterocycles. The number of rotatable bonds is 0. The second-order valence-electron chi connectivity index (χ2n) is 2.82. The van der Waals surface area contributed by atoms with Gasteiger partial charge in [-0.25, -0.2) is 0 Å². The Balaban J connectivity index is 2.73. The maximum absolute atomic E-state index is 3.95. The summed E-state index contributed by atoms with van der Waals surface area (Å²) in [7, 11) is 0. The summed E-state index contributed by atoms with van der Waals surface area (Å²) in [6.45, 7) is 2.21. The Morgan fingerprint density at radius 3 is 3.50 bits per heavy atom. The Morgan fingerprint density at radius 1 is 1.70 bits per heavy atom. The SMILES string of the molecule is CC1C=c2cn[nH]c2=CC1. The first-order valence-corrected chi connectivity index (χ1v) is 3.58. The summed E-state index contributed by atoms with van der Waals surface area (Å²) in [5, 5.41) is 9.32. The first kappa shape index (κ1) is 5.71. The van der Waals surface area contributed by atoms with Crippen LogP contribution in [0.2, 0.25) is 0 Å². The van der Waals surface area contributed by atoms with Gasteiger partial charge in [0.2, 0.25) is 0 Å². The van der Waals surface area contributed by atoms with Crippen molar-refractivity contribution in [3.8, 4) is 0 Å². The van der Waals surface area contributed by atoms with Crippen LogP contribution >= 0.6 is 0 Å². The van der Waals surface area contributed by atoms with Crippen molar-refractivity contribution in [2.75, 3.05) is 0 Å². The lowest BCUT2D eigenvalue weighted by atomic mass is 10.0. The number of H-pyrrole nitrogens is 1. The minimum Gasteiger partial charge on any atom is -0.278 e. The summed E-state index contributed by atoms with van der Waals surface area (Å²) >= 11 is 0. The third kappa shape index (κ3) is 0.764. The van der Waals surface area contributed by atoms with Crippen molar-refractivity contribution in [3.63, 3.8) is 0 Å². The van der Waals surface area contributed by atoms with Crippen LogP contribution < -0.4 is 10.6 Å². The van der Waals surface area contributed by atoms with E-state index >= 15 is 0 Å². The van der Waals surface area contributed by atoms with Crippen molar-refractivity contribution >= 4 is 12.2 Å². The Labute approximate surface area is 59.3 Å². The van der Waals surface area contributed by atoms with E-state index in [1.165, 1.54) is 10.6 Å². The largest absolute Gasteiger partial charge is 0.278 e. The maximum Gasteiger partial charge on any atom is 0.0607 e. The van der Waals surface area contributed by atoms with E-state index in [1.807, 2.05) is 6.20 Å². The molecule has 10 heavy (non-hydrogen) atoms. The van der Waals surface area contributed by atoms with Crippen LogP contribution in [0.5, 0.6) is 0 Å². The molecule has 1 aliphatic rings. The van der Waals surface area contributed by atoms with E-state index in [-0.39, 0.29) is 0 Å². The Hall–Kier alpha value is -1.05. The van der Waals surface area contributed by atoms with Crippen LogP contribution in [0.15, 0.2) is 6.20 Å². The maximum atomic E-state index is 3.95. The van der Waals surface area contributed by atoms with Crippen LogP contribution in [0.3, 0.4) is 0 Å². The fourth-order valence-corrected chi connectivity index (χ4v) is 1.28. The number of aromatic amines is 1. The number of aromatic nitrogens is 2. The van der Waals surface area contributed by atoms with Crippen LogP contribution in [0.25, 0.3) is 12.2 Å². The lowest BCUT2D eigenvalue weighted by Gasteiger charge is -2.02. The van der Waals surface area contributed by atoms with Gasteiger partial charge in [0.1, 0.15) is 0 Å². The molecule has 0 spiro atoms. The molecular formula is C8H10N2. The number of nitrogens with one attached hydrogen (secondary N) is 1. The summed E-state index contributed by atoms with van der Waals surface area (Å²) in [4.78, 5) is 0. The van der Waals surface area contributed by atoms with Crippen molar-refractivity contribution in [1.29, 1.82) is 0 Å². The zero-order valence-corrected chi connectivity index (χ0v) is 5.96. The molecule has 2 heteroatoms. The predicted molar refractivity (Wildman–Crippen MR) is 40.5 cm³/mol. The van der Waals surface area contributed by atoms with Crippen LogP contribution in [0, 0.1) is 5.92 Å². The molecule has 1 heterocycles. The lowest BCUT2D eigenvalue weighted by molar-refractivity contribution is 0.798. The topological polar surface area (TPSA) is 28.7 Å². The molecule has 0 aromatic carbocycles. The number of hydrogen-bond donors (Lipinski definition) is 1.